The predicted molar refractivity (Wildman–Crippen MR) is 150 cm³/mol. The Balaban J connectivity index is 1.58. The molecule has 5 rings (SSSR count). The maximum Gasteiger partial charge on any atom is 0.253 e. The normalized spacial score (nSPS) is 28.9. The highest BCUT2D eigenvalue weighted by atomic mass is 16.5. The zero-order chi connectivity index (χ0) is 27.9. The standard InChI is InChI=1S/C31H37N3O5/c1-5-16-32(4)27(36)24-25-28(37)34(18-9-19-35)26(31(25)15-14-30(24,3)39-31)29(38)33(17-6-2)23-13-12-21-10-7-8-11-22(21)20-23/h5-8,10-13,20,24-26,35H,1-2,9,14-19H2,3-4H3/t24-,25+,26?,30+,31?/m1/s1. The average molecular weight is 532 g/mol. The number of aliphatic hydroxyl groups excluding tert-OH is 1. The topological polar surface area (TPSA) is 90.4 Å². The van der Waals surface area contributed by atoms with Crippen molar-refractivity contribution in [3.8, 4) is 0 Å². The van der Waals surface area contributed by atoms with Gasteiger partial charge in [0.1, 0.15) is 11.6 Å². The van der Waals surface area contributed by atoms with Crippen LogP contribution in [0.5, 0.6) is 0 Å². The summed E-state index contributed by atoms with van der Waals surface area (Å²) in [4.78, 5) is 47.1. The highest BCUT2D eigenvalue weighted by Crippen LogP contribution is 2.63. The number of fused-ring (bicyclic) bond motifs is 2. The fraction of sp³-hybridized carbons (Fsp3) is 0.452. The molecular weight excluding hydrogens is 494 g/mol. The van der Waals surface area contributed by atoms with E-state index in [1.807, 2.05) is 49.4 Å². The van der Waals surface area contributed by atoms with E-state index in [1.54, 1.807) is 33.9 Å². The number of ether oxygens (including phenoxy) is 1. The number of amides is 3. The van der Waals surface area contributed by atoms with E-state index in [-0.39, 0.29) is 37.4 Å². The van der Waals surface area contributed by atoms with Crippen molar-refractivity contribution in [3.05, 3.63) is 67.8 Å². The van der Waals surface area contributed by atoms with Crippen molar-refractivity contribution >= 4 is 34.2 Å². The molecule has 206 valence electrons. The molecule has 8 heteroatoms. The smallest absolute Gasteiger partial charge is 0.253 e. The minimum Gasteiger partial charge on any atom is -0.396 e. The average Bonchev–Trinajstić information content (AvgIpc) is 3.50. The molecule has 2 bridgehead atoms. The van der Waals surface area contributed by atoms with Gasteiger partial charge in [-0.1, -0.05) is 42.5 Å². The van der Waals surface area contributed by atoms with Crippen LogP contribution < -0.4 is 4.90 Å². The summed E-state index contributed by atoms with van der Waals surface area (Å²) in [5.41, 5.74) is -1.27. The van der Waals surface area contributed by atoms with Crippen LogP contribution in [0, 0.1) is 11.8 Å². The third-order valence-electron chi connectivity index (χ3n) is 8.74. The first-order valence-corrected chi connectivity index (χ1v) is 13.6. The van der Waals surface area contributed by atoms with E-state index in [4.69, 9.17) is 4.74 Å². The third kappa shape index (κ3) is 4.17. The summed E-state index contributed by atoms with van der Waals surface area (Å²) in [6, 6.07) is 12.8. The van der Waals surface area contributed by atoms with Gasteiger partial charge < -0.3 is 24.5 Å². The summed E-state index contributed by atoms with van der Waals surface area (Å²) in [6.07, 6.45) is 4.71. The van der Waals surface area contributed by atoms with E-state index >= 15 is 0 Å². The zero-order valence-electron chi connectivity index (χ0n) is 22.7. The van der Waals surface area contributed by atoms with Crippen LogP contribution in [-0.4, -0.2) is 83.2 Å². The van der Waals surface area contributed by atoms with Gasteiger partial charge in [0, 0.05) is 39.0 Å². The Morgan fingerprint density at radius 1 is 1.10 bits per heavy atom. The van der Waals surface area contributed by atoms with Crippen LogP contribution >= 0.6 is 0 Å². The van der Waals surface area contributed by atoms with Crippen molar-refractivity contribution in [1.29, 1.82) is 0 Å². The number of hydrogen-bond donors (Lipinski definition) is 1. The van der Waals surface area contributed by atoms with Crippen molar-refractivity contribution in [2.75, 3.05) is 38.2 Å². The van der Waals surface area contributed by atoms with Gasteiger partial charge in [-0.25, -0.2) is 0 Å². The molecule has 3 aliphatic rings. The summed E-state index contributed by atoms with van der Waals surface area (Å²) in [5.74, 6) is -2.18. The molecule has 3 aliphatic heterocycles. The van der Waals surface area contributed by atoms with Gasteiger partial charge in [-0.2, -0.15) is 0 Å². The second-order valence-electron chi connectivity index (χ2n) is 11.1. The highest BCUT2D eigenvalue weighted by molar-refractivity contribution is 6.06. The predicted octanol–water partition coefficient (Wildman–Crippen LogP) is 3.15. The van der Waals surface area contributed by atoms with Gasteiger partial charge in [-0.05, 0) is 49.1 Å². The Hall–Kier alpha value is -3.49. The lowest BCUT2D eigenvalue weighted by atomic mass is 9.66. The molecule has 8 nitrogen and oxygen atoms in total. The molecule has 2 aromatic rings. The first-order chi connectivity index (χ1) is 18.7. The van der Waals surface area contributed by atoms with Crippen LogP contribution in [0.2, 0.25) is 0 Å². The zero-order valence-corrected chi connectivity index (χ0v) is 22.7. The lowest BCUT2D eigenvalue weighted by molar-refractivity contribution is -0.149. The molecule has 0 aliphatic carbocycles. The Labute approximate surface area is 229 Å². The van der Waals surface area contributed by atoms with Crippen LogP contribution in [0.4, 0.5) is 5.69 Å². The second-order valence-corrected chi connectivity index (χ2v) is 11.1. The molecule has 3 saturated heterocycles. The summed E-state index contributed by atoms with van der Waals surface area (Å²) in [7, 11) is 1.70. The van der Waals surface area contributed by atoms with E-state index in [1.165, 1.54) is 0 Å². The molecule has 39 heavy (non-hydrogen) atoms. The van der Waals surface area contributed by atoms with Gasteiger partial charge in [0.25, 0.3) is 5.91 Å². The van der Waals surface area contributed by atoms with Crippen molar-refractivity contribution in [2.45, 2.75) is 43.4 Å². The molecule has 0 aromatic heterocycles. The highest BCUT2D eigenvalue weighted by Gasteiger charge is 2.78. The number of rotatable bonds is 10. The van der Waals surface area contributed by atoms with Crippen LogP contribution in [0.1, 0.15) is 26.2 Å². The summed E-state index contributed by atoms with van der Waals surface area (Å²) < 4.78 is 6.71. The maximum absolute atomic E-state index is 14.6. The van der Waals surface area contributed by atoms with Crippen LogP contribution in [-0.2, 0) is 19.1 Å². The molecule has 1 spiro atoms. The van der Waals surface area contributed by atoms with E-state index in [0.29, 0.717) is 31.5 Å². The molecule has 3 heterocycles. The van der Waals surface area contributed by atoms with Gasteiger partial charge in [-0.3, -0.25) is 14.4 Å². The lowest BCUT2D eigenvalue weighted by Gasteiger charge is -2.37. The lowest BCUT2D eigenvalue weighted by Crippen LogP contribution is -2.56. The van der Waals surface area contributed by atoms with Gasteiger partial charge in [0.05, 0.1) is 17.4 Å². The number of likely N-dealkylation sites (N-methyl/N-ethyl adjacent to an activating group) is 1. The Bertz CT molecular complexity index is 1330. The van der Waals surface area contributed by atoms with Crippen molar-refractivity contribution in [3.63, 3.8) is 0 Å². The van der Waals surface area contributed by atoms with E-state index in [0.717, 1.165) is 10.8 Å². The Kier molecular flexibility index (Phi) is 7.11. The summed E-state index contributed by atoms with van der Waals surface area (Å²) in [5, 5.41) is 11.7. The van der Waals surface area contributed by atoms with Gasteiger partial charge in [0.2, 0.25) is 11.8 Å². The fourth-order valence-electron chi connectivity index (χ4n) is 7.03. The molecule has 2 unspecified atom stereocenters. The first kappa shape index (κ1) is 27.1. The maximum atomic E-state index is 14.6. The molecule has 1 N–H and O–H groups in total. The largest absolute Gasteiger partial charge is 0.396 e. The van der Waals surface area contributed by atoms with Crippen molar-refractivity contribution < 1.29 is 24.2 Å². The number of aliphatic hydroxyl groups is 1. The number of carbonyl (C=O) groups is 3. The number of anilines is 1. The molecule has 3 fully saturated rings. The molecule has 2 aromatic carbocycles. The number of nitrogens with zero attached hydrogens (tertiary/aromatic N) is 3. The number of likely N-dealkylation sites (tertiary alicyclic amines) is 1. The molecule has 0 saturated carbocycles. The molecule has 5 atom stereocenters. The first-order valence-electron chi connectivity index (χ1n) is 13.6. The van der Waals surface area contributed by atoms with Crippen molar-refractivity contribution in [2.24, 2.45) is 11.8 Å². The Morgan fingerprint density at radius 2 is 1.82 bits per heavy atom. The van der Waals surface area contributed by atoms with Gasteiger partial charge in [0.15, 0.2) is 0 Å². The van der Waals surface area contributed by atoms with E-state index in [2.05, 4.69) is 13.2 Å². The fourth-order valence-corrected chi connectivity index (χ4v) is 7.03. The second kappa shape index (κ2) is 10.2. The van der Waals surface area contributed by atoms with Crippen LogP contribution in [0.15, 0.2) is 67.8 Å². The SMILES string of the molecule is C=CCN(C)C(=O)[C@H]1[C@H]2C(=O)N(CCCO)C(C(=O)N(CC=C)c3ccc4ccccc4c3)C23CC[C@]1(C)O3. The minimum atomic E-state index is -1.12. The van der Waals surface area contributed by atoms with Crippen molar-refractivity contribution in [1.82, 2.24) is 9.80 Å². The minimum absolute atomic E-state index is 0.119. The number of carbonyl (C=O) groups excluding carboxylic acids is 3. The molecule has 0 radical (unpaired) electrons. The number of benzene rings is 2. The van der Waals surface area contributed by atoms with E-state index < -0.39 is 29.1 Å². The Morgan fingerprint density at radius 3 is 2.51 bits per heavy atom. The van der Waals surface area contributed by atoms with E-state index in [9.17, 15) is 19.5 Å². The number of hydrogen-bond acceptors (Lipinski definition) is 5. The van der Waals surface area contributed by atoms with Crippen LogP contribution in [0.25, 0.3) is 10.8 Å². The monoisotopic (exact) mass is 531 g/mol. The quantitative estimate of drug-likeness (QED) is 0.476. The van der Waals surface area contributed by atoms with Gasteiger partial charge in [-0.15, -0.1) is 13.2 Å². The third-order valence-corrected chi connectivity index (χ3v) is 8.74. The molecule has 3 amide bonds. The molecular formula is C31H37N3O5. The summed E-state index contributed by atoms with van der Waals surface area (Å²) >= 11 is 0. The van der Waals surface area contributed by atoms with Crippen LogP contribution in [0.3, 0.4) is 0 Å². The summed E-state index contributed by atoms with van der Waals surface area (Å²) in [6.45, 7) is 10.2. The van der Waals surface area contributed by atoms with Gasteiger partial charge >= 0.3 is 0 Å².